The van der Waals surface area contributed by atoms with Crippen molar-refractivity contribution in [1.29, 1.82) is 0 Å². The molecule has 2 aliphatic heterocycles. The highest BCUT2D eigenvalue weighted by Crippen LogP contribution is 2.55. The Morgan fingerprint density at radius 3 is 2.60 bits per heavy atom. The van der Waals surface area contributed by atoms with E-state index in [-0.39, 0.29) is 23.6 Å². The topological polar surface area (TPSA) is 119 Å². The lowest BCUT2D eigenvalue weighted by atomic mass is 9.77. The summed E-state index contributed by atoms with van der Waals surface area (Å²) in [5, 5.41) is 5.61. The van der Waals surface area contributed by atoms with Crippen LogP contribution in [0.25, 0.3) is 0 Å². The zero-order valence-corrected chi connectivity index (χ0v) is 21.9. The van der Waals surface area contributed by atoms with Gasteiger partial charge in [0.05, 0.1) is 0 Å². The van der Waals surface area contributed by atoms with Crippen LogP contribution in [0.2, 0.25) is 0 Å². The van der Waals surface area contributed by atoms with Crippen LogP contribution in [0.3, 0.4) is 0 Å². The normalized spacial score (nSPS) is 25.5. The van der Waals surface area contributed by atoms with Crippen LogP contribution in [0, 0.1) is 17.6 Å². The molecule has 3 heterocycles. The van der Waals surface area contributed by atoms with E-state index in [0.717, 1.165) is 38.2 Å². The molecular formula is C26H30F5N5O4. The van der Waals surface area contributed by atoms with Gasteiger partial charge < -0.3 is 25.8 Å². The summed E-state index contributed by atoms with van der Waals surface area (Å²) in [7, 11) is 0. The minimum atomic E-state index is -4.91. The SMILES string of the molecule is C[C@H]1[C@@H](c2ccc(F)c(F)c2OCCN2CCNCC2)[C@H](C(=O)Nc2ccnc(C(N)=O)c2)O[C@@]1(C)C(F)(F)F. The molecule has 2 aliphatic rings. The standard InChI is InChI=1S/C26H30F5N5O4/c1-14-19(16-3-4-17(27)20(28)21(16)39-12-11-36-9-7-33-8-10-36)22(40-25(14,2)26(29,30)31)24(38)35-15-5-6-34-18(13-15)23(32)37/h3-6,13-14,19,22,33H,7-12H2,1-2H3,(H2,32,37)(H,34,35,38)/t14-,19-,22+,25+/m0/s1. The zero-order chi connectivity index (χ0) is 29.2. The van der Waals surface area contributed by atoms with Crippen molar-refractivity contribution in [3.8, 4) is 5.75 Å². The van der Waals surface area contributed by atoms with Crippen LogP contribution in [-0.2, 0) is 9.53 Å². The fraction of sp³-hybridized carbons (Fsp3) is 0.500. The second kappa shape index (κ2) is 11.6. The van der Waals surface area contributed by atoms with Gasteiger partial charge in [-0.2, -0.15) is 17.6 Å². The van der Waals surface area contributed by atoms with Crippen LogP contribution in [0.4, 0.5) is 27.6 Å². The number of primary amides is 1. The second-order valence-electron chi connectivity index (χ2n) is 9.96. The molecule has 2 fully saturated rings. The average Bonchev–Trinajstić information content (AvgIpc) is 3.19. The molecule has 2 amide bonds. The zero-order valence-electron chi connectivity index (χ0n) is 21.9. The predicted molar refractivity (Wildman–Crippen MR) is 134 cm³/mol. The van der Waals surface area contributed by atoms with Crippen molar-refractivity contribution in [2.75, 3.05) is 44.6 Å². The molecule has 40 heavy (non-hydrogen) atoms. The van der Waals surface area contributed by atoms with Crippen molar-refractivity contribution < 1.29 is 41.0 Å². The van der Waals surface area contributed by atoms with E-state index in [1.54, 1.807) is 0 Å². The molecule has 0 aliphatic carbocycles. The lowest BCUT2D eigenvalue weighted by molar-refractivity contribution is -0.272. The van der Waals surface area contributed by atoms with Crippen molar-refractivity contribution in [2.45, 2.75) is 37.6 Å². The number of anilines is 1. The van der Waals surface area contributed by atoms with Gasteiger partial charge in [-0.3, -0.25) is 19.5 Å². The highest BCUT2D eigenvalue weighted by molar-refractivity contribution is 5.97. The molecule has 0 unspecified atom stereocenters. The number of carbonyl (C=O) groups excluding carboxylic acids is 2. The molecule has 1 aromatic heterocycles. The second-order valence-corrected chi connectivity index (χ2v) is 9.96. The summed E-state index contributed by atoms with van der Waals surface area (Å²) in [6, 6.07) is 4.35. The number of rotatable bonds is 8. The maximum absolute atomic E-state index is 15.1. The number of nitrogens with two attached hydrogens (primary N) is 1. The lowest BCUT2D eigenvalue weighted by Crippen LogP contribution is -2.47. The number of hydrogen-bond acceptors (Lipinski definition) is 7. The van der Waals surface area contributed by atoms with E-state index in [1.165, 1.54) is 19.2 Å². The van der Waals surface area contributed by atoms with Gasteiger partial charge in [0.25, 0.3) is 11.8 Å². The van der Waals surface area contributed by atoms with Gasteiger partial charge in [0.1, 0.15) is 18.4 Å². The third kappa shape index (κ3) is 5.88. The smallest absolute Gasteiger partial charge is 0.417 e. The van der Waals surface area contributed by atoms with Gasteiger partial charge in [0.15, 0.2) is 17.2 Å². The third-order valence-corrected chi connectivity index (χ3v) is 7.51. The van der Waals surface area contributed by atoms with Crippen LogP contribution >= 0.6 is 0 Å². The van der Waals surface area contributed by atoms with Crippen LogP contribution in [0.1, 0.15) is 35.8 Å². The van der Waals surface area contributed by atoms with Crippen molar-refractivity contribution in [2.24, 2.45) is 11.7 Å². The Morgan fingerprint density at radius 1 is 1.25 bits per heavy atom. The quantitative estimate of drug-likeness (QED) is 0.417. The molecule has 14 heteroatoms. The van der Waals surface area contributed by atoms with Gasteiger partial charge >= 0.3 is 6.18 Å². The number of benzene rings is 1. The Hall–Kier alpha value is -3.36. The molecule has 218 valence electrons. The highest BCUT2D eigenvalue weighted by atomic mass is 19.4. The Kier molecular flexibility index (Phi) is 8.61. The maximum atomic E-state index is 15.1. The molecule has 0 radical (unpaired) electrons. The summed E-state index contributed by atoms with van der Waals surface area (Å²) in [4.78, 5) is 30.6. The number of carbonyl (C=O) groups is 2. The number of hydrogen-bond donors (Lipinski definition) is 3. The Morgan fingerprint density at radius 2 is 1.95 bits per heavy atom. The van der Waals surface area contributed by atoms with E-state index in [0.29, 0.717) is 19.6 Å². The van der Waals surface area contributed by atoms with Crippen LogP contribution in [0.15, 0.2) is 30.5 Å². The van der Waals surface area contributed by atoms with Crippen molar-refractivity contribution in [3.63, 3.8) is 0 Å². The molecular weight excluding hydrogens is 541 g/mol. The van der Waals surface area contributed by atoms with E-state index in [2.05, 4.69) is 15.6 Å². The largest absolute Gasteiger partial charge is 0.489 e. The number of nitrogens with zero attached hydrogens (tertiary/aromatic N) is 2. The molecule has 0 spiro atoms. The Labute approximate surface area is 227 Å². The Balaban J connectivity index is 1.68. The summed E-state index contributed by atoms with van der Waals surface area (Å²) in [5.41, 5.74) is 2.12. The molecule has 1 aromatic carbocycles. The van der Waals surface area contributed by atoms with Crippen molar-refractivity contribution in [3.05, 3.63) is 53.4 Å². The highest BCUT2D eigenvalue weighted by Gasteiger charge is 2.66. The minimum absolute atomic E-state index is 0.0298. The van der Waals surface area contributed by atoms with Crippen molar-refractivity contribution in [1.82, 2.24) is 15.2 Å². The molecule has 4 atom stereocenters. The van der Waals surface area contributed by atoms with Gasteiger partial charge in [0, 0.05) is 62.0 Å². The fourth-order valence-electron chi connectivity index (χ4n) is 5.05. The van der Waals surface area contributed by atoms with Crippen LogP contribution in [0.5, 0.6) is 5.75 Å². The van der Waals surface area contributed by atoms with Crippen molar-refractivity contribution >= 4 is 17.5 Å². The van der Waals surface area contributed by atoms with Crippen LogP contribution in [-0.4, -0.2) is 78.9 Å². The maximum Gasteiger partial charge on any atom is 0.417 e. The molecule has 9 nitrogen and oxygen atoms in total. The summed E-state index contributed by atoms with van der Waals surface area (Å²) in [6.45, 7) is 5.29. The summed E-state index contributed by atoms with van der Waals surface area (Å²) in [6.07, 6.45) is -5.50. The summed E-state index contributed by atoms with van der Waals surface area (Å²) < 4.78 is 83.2. The number of aromatic nitrogens is 1. The first-order valence-electron chi connectivity index (χ1n) is 12.7. The van der Waals surface area contributed by atoms with Gasteiger partial charge in [0.2, 0.25) is 5.82 Å². The number of ether oxygens (including phenoxy) is 2. The number of pyridine rings is 1. The average molecular weight is 572 g/mol. The number of nitrogens with one attached hydrogen (secondary N) is 2. The third-order valence-electron chi connectivity index (χ3n) is 7.51. The first kappa shape index (κ1) is 29.6. The predicted octanol–water partition coefficient (Wildman–Crippen LogP) is 2.82. The first-order chi connectivity index (χ1) is 18.8. The minimum Gasteiger partial charge on any atom is -0.489 e. The van der Waals surface area contributed by atoms with E-state index < -0.39 is 58.9 Å². The van der Waals surface area contributed by atoms with E-state index >= 15 is 4.39 Å². The first-order valence-corrected chi connectivity index (χ1v) is 12.7. The van der Waals surface area contributed by atoms with Gasteiger partial charge in [-0.05, 0) is 25.1 Å². The number of halogens is 5. The summed E-state index contributed by atoms with van der Waals surface area (Å²) in [5.74, 6) is -7.86. The van der Waals surface area contributed by atoms with E-state index in [4.69, 9.17) is 15.2 Å². The molecule has 0 saturated carbocycles. The van der Waals surface area contributed by atoms with Gasteiger partial charge in [-0.15, -0.1) is 0 Å². The molecule has 2 saturated heterocycles. The lowest BCUT2D eigenvalue weighted by Gasteiger charge is -2.32. The molecule has 4 rings (SSSR count). The summed E-state index contributed by atoms with van der Waals surface area (Å²) >= 11 is 0. The Bertz CT molecular complexity index is 1260. The molecule has 0 bridgehead atoms. The number of amides is 2. The molecule has 4 N–H and O–H groups in total. The number of piperazine rings is 1. The number of alkyl halides is 3. The monoisotopic (exact) mass is 571 g/mol. The fourth-order valence-corrected chi connectivity index (χ4v) is 5.05. The van der Waals surface area contributed by atoms with E-state index in [1.807, 2.05) is 4.90 Å². The van der Waals surface area contributed by atoms with Gasteiger partial charge in [-0.25, -0.2) is 4.39 Å². The van der Waals surface area contributed by atoms with Gasteiger partial charge in [-0.1, -0.05) is 13.0 Å². The van der Waals surface area contributed by atoms with E-state index in [9.17, 15) is 27.2 Å². The van der Waals surface area contributed by atoms with Crippen LogP contribution < -0.4 is 21.1 Å². The molecule has 2 aromatic rings.